The second-order valence-electron chi connectivity index (χ2n) is 5.37. The zero-order valence-electron chi connectivity index (χ0n) is 14.0. The van der Waals surface area contributed by atoms with Crippen LogP contribution in [0.2, 0.25) is 10.0 Å². The van der Waals surface area contributed by atoms with E-state index in [1.807, 2.05) is 35.6 Å². The first-order valence-electron chi connectivity index (χ1n) is 7.68. The average molecular weight is 508 g/mol. The molecular formula is C18H16Cl2INO4. The van der Waals surface area contributed by atoms with Crippen molar-refractivity contribution in [2.24, 2.45) is 0 Å². The van der Waals surface area contributed by atoms with E-state index in [1.165, 1.54) is 0 Å². The Kier molecular flexibility index (Phi) is 7.14. The molecule has 0 aliphatic carbocycles. The van der Waals surface area contributed by atoms with Gasteiger partial charge in [0.1, 0.15) is 0 Å². The molecule has 5 nitrogen and oxygen atoms in total. The average Bonchev–Trinajstić information content (AvgIpc) is 2.62. The van der Waals surface area contributed by atoms with Gasteiger partial charge < -0.3 is 5.32 Å². The Balaban J connectivity index is 2.43. The molecule has 0 aliphatic heterocycles. The van der Waals surface area contributed by atoms with Crippen molar-refractivity contribution in [1.82, 2.24) is 0 Å². The van der Waals surface area contributed by atoms with E-state index in [9.17, 15) is 9.59 Å². The highest BCUT2D eigenvalue weighted by atomic mass is 127. The van der Waals surface area contributed by atoms with Gasteiger partial charge in [-0.2, -0.15) is 0 Å². The van der Waals surface area contributed by atoms with Gasteiger partial charge in [-0.05, 0) is 24.6 Å². The molecular weight excluding hydrogens is 492 g/mol. The van der Waals surface area contributed by atoms with E-state index in [0.29, 0.717) is 33.4 Å². The first kappa shape index (κ1) is 20.8. The molecule has 1 unspecified atom stereocenters. The standard InChI is InChI=1S/C18H16Cl2INO4/c1-3-18(21,17(24)26-25-11(2)23)12-7-4-5-10-15(12)22-16-13(19)8-6-9-14(16)20/h4-10,22H,3H2,1-2H3. The van der Waals surface area contributed by atoms with Crippen LogP contribution in [-0.2, 0) is 22.8 Å². The van der Waals surface area contributed by atoms with Gasteiger partial charge in [0.2, 0.25) is 0 Å². The topological polar surface area (TPSA) is 64.6 Å². The Morgan fingerprint density at radius 2 is 1.69 bits per heavy atom. The summed E-state index contributed by atoms with van der Waals surface area (Å²) in [7, 11) is 0. The van der Waals surface area contributed by atoms with Crippen molar-refractivity contribution in [2.75, 3.05) is 5.32 Å². The highest BCUT2D eigenvalue weighted by Gasteiger charge is 2.41. The summed E-state index contributed by atoms with van der Waals surface area (Å²) >= 11 is 14.4. The van der Waals surface area contributed by atoms with Gasteiger partial charge in [0.25, 0.3) is 0 Å². The molecule has 0 heterocycles. The zero-order chi connectivity index (χ0) is 19.3. The van der Waals surface area contributed by atoms with Gasteiger partial charge in [-0.15, -0.1) is 0 Å². The minimum Gasteiger partial charge on any atom is -0.353 e. The van der Waals surface area contributed by atoms with Crippen molar-refractivity contribution in [3.63, 3.8) is 0 Å². The molecule has 0 radical (unpaired) electrons. The largest absolute Gasteiger partial charge is 0.375 e. The van der Waals surface area contributed by atoms with Gasteiger partial charge >= 0.3 is 11.9 Å². The van der Waals surface area contributed by atoms with Crippen LogP contribution in [0.15, 0.2) is 42.5 Å². The number of anilines is 2. The maximum atomic E-state index is 12.6. The van der Waals surface area contributed by atoms with Gasteiger partial charge in [0.15, 0.2) is 3.42 Å². The fourth-order valence-corrected chi connectivity index (χ4v) is 3.35. The normalized spacial score (nSPS) is 12.8. The molecule has 1 N–H and O–H groups in total. The van der Waals surface area contributed by atoms with Crippen LogP contribution in [0.5, 0.6) is 0 Å². The Labute approximate surface area is 175 Å². The lowest BCUT2D eigenvalue weighted by Crippen LogP contribution is -2.32. The quantitative estimate of drug-likeness (QED) is 0.240. The summed E-state index contributed by atoms with van der Waals surface area (Å²) in [4.78, 5) is 32.6. The number of hydrogen-bond donors (Lipinski definition) is 1. The number of carbonyl (C=O) groups is 2. The van der Waals surface area contributed by atoms with Crippen LogP contribution in [0.4, 0.5) is 11.4 Å². The van der Waals surface area contributed by atoms with E-state index in [-0.39, 0.29) is 0 Å². The number of alkyl halides is 1. The summed E-state index contributed by atoms with van der Waals surface area (Å²) < 4.78 is -1.08. The highest BCUT2D eigenvalue weighted by molar-refractivity contribution is 14.1. The van der Waals surface area contributed by atoms with Crippen LogP contribution in [0.3, 0.4) is 0 Å². The summed E-state index contributed by atoms with van der Waals surface area (Å²) in [5.74, 6) is -1.39. The number of benzene rings is 2. The fraction of sp³-hybridized carbons (Fsp3) is 0.222. The third kappa shape index (κ3) is 4.61. The van der Waals surface area contributed by atoms with Gasteiger partial charge in [-0.25, -0.2) is 19.4 Å². The fourth-order valence-electron chi connectivity index (χ4n) is 2.30. The number of carbonyl (C=O) groups excluding carboxylic acids is 2. The Morgan fingerprint density at radius 1 is 1.08 bits per heavy atom. The van der Waals surface area contributed by atoms with Crippen molar-refractivity contribution in [1.29, 1.82) is 0 Å². The van der Waals surface area contributed by atoms with Crippen molar-refractivity contribution in [2.45, 2.75) is 23.7 Å². The van der Waals surface area contributed by atoms with Crippen molar-refractivity contribution in [3.8, 4) is 0 Å². The summed E-state index contributed by atoms with van der Waals surface area (Å²) in [5.41, 5.74) is 1.82. The molecule has 26 heavy (non-hydrogen) atoms. The molecule has 0 aliphatic rings. The molecule has 2 aromatic carbocycles. The monoisotopic (exact) mass is 507 g/mol. The third-order valence-corrected chi connectivity index (χ3v) is 6.04. The molecule has 0 aromatic heterocycles. The summed E-state index contributed by atoms with van der Waals surface area (Å²) in [6.45, 7) is 2.99. The molecule has 0 fully saturated rings. The molecule has 0 spiro atoms. The minimum atomic E-state index is -1.08. The van der Waals surface area contributed by atoms with Crippen LogP contribution in [0.25, 0.3) is 0 Å². The van der Waals surface area contributed by atoms with Crippen LogP contribution in [-0.4, -0.2) is 11.9 Å². The van der Waals surface area contributed by atoms with Crippen molar-refractivity contribution in [3.05, 3.63) is 58.1 Å². The lowest BCUT2D eigenvalue weighted by atomic mass is 9.94. The lowest BCUT2D eigenvalue weighted by molar-refractivity contribution is -0.259. The van der Waals surface area contributed by atoms with E-state index in [4.69, 9.17) is 28.1 Å². The van der Waals surface area contributed by atoms with Crippen LogP contribution < -0.4 is 5.32 Å². The van der Waals surface area contributed by atoms with E-state index in [2.05, 4.69) is 10.2 Å². The Hall–Kier alpha value is -1.51. The number of rotatable bonds is 5. The summed E-state index contributed by atoms with van der Waals surface area (Å²) in [5, 5.41) is 4.08. The second-order valence-corrected chi connectivity index (χ2v) is 8.02. The van der Waals surface area contributed by atoms with Crippen LogP contribution in [0, 0.1) is 0 Å². The van der Waals surface area contributed by atoms with Gasteiger partial charge in [0, 0.05) is 18.2 Å². The Morgan fingerprint density at radius 3 is 2.27 bits per heavy atom. The minimum absolute atomic E-state index is 0.405. The smallest absolute Gasteiger partial charge is 0.353 e. The molecule has 138 valence electrons. The van der Waals surface area contributed by atoms with E-state index < -0.39 is 15.4 Å². The molecule has 2 aromatic rings. The summed E-state index contributed by atoms with van der Waals surface area (Å²) in [6, 6.07) is 12.4. The second kappa shape index (κ2) is 8.92. The van der Waals surface area contributed by atoms with E-state index in [0.717, 1.165) is 6.92 Å². The Bertz CT molecular complexity index is 810. The number of nitrogens with one attached hydrogen (secondary N) is 1. The van der Waals surface area contributed by atoms with Crippen molar-refractivity contribution < 1.29 is 19.4 Å². The number of halogens is 3. The molecule has 8 heteroatoms. The van der Waals surface area contributed by atoms with Gasteiger partial charge in [0.05, 0.1) is 15.7 Å². The number of hydrogen-bond acceptors (Lipinski definition) is 5. The maximum absolute atomic E-state index is 12.6. The molecule has 2 rings (SSSR count). The highest BCUT2D eigenvalue weighted by Crippen LogP contribution is 2.43. The first-order chi connectivity index (χ1) is 12.3. The summed E-state index contributed by atoms with van der Waals surface area (Å²) in [6.07, 6.45) is 0.405. The predicted octanol–water partition coefficient (Wildman–Crippen LogP) is 5.80. The molecule has 0 bridgehead atoms. The molecule has 0 saturated heterocycles. The zero-order valence-corrected chi connectivity index (χ0v) is 17.7. The van der Waals surface area contributed by atoms with E-state index in [1.54, 1.807) is 36.4 Å². The maximum Gasteiger partial charge on any atom is 0.375 e. The van der Waals surface area contributed by atoms with Crippen molar-refractivity contribution >= 4 is 69.1 Å². The lowest BCUT2D eigenvalue weighted by Gasteiger charge is -2.26. The van der Waals surface area contributed by atoms with Crippen LogP contribution in [0.1, 0.15) is 25.8 Å². The van der Waals surface area contributed by atoms with Crippen LogP contribution >= 0.6 is 45.8 Å². The third-order valence-electron chi connectivity index (χ3n) is 3.62. The van der Waals surface area contributed by atoms with E-state index >= 15 is 0 Å². The van der Waals surface area contributed by atoms with Gasteiger partial charge in [-0.1, -0.05) is 77.0 Å². The molecule has 0 amide bonds. The number of para-hydroxylation sites is 2. The SMILES string of the molecule is CCC(I)(C(=O)OOC(C)=O)c1ccccc1Nc1c(Cl)cccc1Cl. The molecule has 1 atom stereocenters. The predicted molar refractivity (Wildman–Crippen MR) is 110 cm³/mol. The van der Waals surface area contributed by atoms with Gasteiger partial charge in [-0.3, -0.25) is 0 Å². The first-order valence-corrected chi connectivity index (χ1v) is 9.52. The molecule has 0 saturated carbocycles.